The number of anilines is 1. The van der Waals surface area contributed by atoms with Gasteiger partial charge in [0.2, 0.25) is 5.91 Å². The van der Waals surface area contributed by atoms with Crippen LogP contribution in [0.4, 0.5) is 5.69 Å². The van der Waals surface area contributed by atoms with E-state index in [0.717, 1.165) is 57.0 Å². The number of amides is 1. The first-order valence-electron chi connectivity index (χ1n) is 13.3. The molecule has 0 saturated carbocycles. The van der Waals surface area contributed by atoms with Crippen LogP contribution in [0.15, 0.2) is 24.3 Å². The predicted molar refractivity (Wildman–Crippen MR) is 135 cm³/mol. The summed E-state index contributed by atoms with van der Waals surface area (Å²) in [7, 11) is 0. The maximum atomic E-state index is 12.7. The quantitative estimate of drug-likeness (QED) is 0.322. The zero-order chi connectivity index (χ0) is 24.0. The minimum atomic E-state index is -0.224. The topological polar surface area (TPSA) is 113 Å². The molecule has 0 spiro atoms. The SMILES string of the molecule is O=C1NNCC2NC(N3CCCCCC3)NC(Nc3ccc(OCCN4CCC(O)CC4)cc3)C12. The summed E-state index contributed by atoms with van der Waals surface area (Å²) in [5.41, 5.74) is 6.80. The highest BCUT2D eigenvalue weighted by molar-refractivity contribution is 5.81. The Labute approximate surface area is 208 Å². The third-order valence-corrected chi connectivity index (χ3v) is 7.75. The van der Waals surface area contributed by atoms with Crippen molar-refractivity contribution in [3.63, 3.8) is 0 Å². The first-order valence-corrected chi connectivity index (χ1v) is 13.3. The van der Waals surface area contributed by atoms with Crippen molar-refractivity contribution >= 4 is 11.6 Å². The lowest BCUT2D eigenvalue weighted by Crippen LogP contribution is -2.76. The Kier molecular flexibility index (Phi) is 8.38. The van der Waals surface area contributed by atoms with E-state index >= 15 is 0 Å². The number of benzene rings is 1. The summed E-state index contributed by atoms with van der Waals surface area (Å²) in [4.78, 5) is 17.6. The summed E-state index contributed by atoms with van der Waals surface area (Å²) in [5.74, 6) is 0.613. The first kappa shape index (κ1) is 24.7. The molecular formula is C25H41N7O3. The normalized spacial score (nSPS) is 31.3. The van der Waals surface area contributed by atoms with E-state index in [1.807, 2.05) is 24.3 Å². The number of hydrazine groups is 1. The molecule has 0 bridgehead atoms. The van der Waals surface area contributed by atoms with Gasteiger partial charge in [-0.2, -0.15) is 0 Å². The number of hydrogen-bond donors (Lipinski definition) is 6. The van der Waals surface area contributed by atoms with Crippen molar-refractivity contribution < 1.29 is 14.6 Å². The number of carbonyl (C=O) groups is 1. The Hall–Kier alpha value is -1.95. The van der Waals surface area contributed by atoms with Gasteiger partial charge in [-0.3, -0.25) is 30.7 Å². The average molecular weight is 488 g/mol. The van der Waals surface area contributed by atoms with E-state index < -0.39 is 0 Å². The summed E-state index contributed by atoms with van der Waals surface area (Å²) in [6.07, 6.45) is 6.41. The van der Waals surface area contributed by atoms with Gasteiger partial charge in [0.1, 0.15) is 18.6 Å². The lowest BCUT2D eigenvalue weighted by atomic mass is 9.91. The van der Waals surface area contributed by atoms with Crippen molar-refractivity contribution in [2.24, 2.45) is 5.92 Å². The lowest BCUT2D eigenvalue weighted by Gasteiger charge is -2.48. The second-order valence-electron chi connectivity index (χ2n) is 10.3. The molecule has 1 aromatic rings. The van der Waals surface area contributed by atoms with Crippen LogP contribution in [-0.2, 0) is 4.79 Å². The fourth-order valence-electron chi connectivity index (χ4n) is 5.67. The average Bonchev–Trinajstić information content (AvgIpc) is 3.16. The van der Waals surface area contributed by atoms with E-state index in [-0.39, 0.29) is 36.4 Å². The monoisotopic (exact) mass is 487 g/mol. The van der Waals surface area contributed by atoms with Crippen molar-refractivity contribution in [1.82, 2.24) is 31.3 Å². The number of fused-ring (bicyclic) bond motifs is 1. The Balaban J connectivity index is 1.17. The lowest BCUT2D eigenvalue weighted by molar-refractivity contribution is -0.132. The Morgan fingerprint density at radius 2 is 1.74 bits per heavy atom. The highest BCUT2D eigenvalue weighted by atomic mass is 16.5. The summed E-state index contributed by atoms with van der Waals surface area (Å²) in [6, 6.07) is 8.05. The van der Waals surface area contributed by atoms with Gasteiger partial charge >= 0.3 is 0 Å². The zero-order valence-corrected chi connectivity index (χ0v) is 20.5. The van der Waals surface area contributed by atoms with Crippen LogP contribution in [0, 0.1) is 5.92 Å². The van der Waals surface area contributed by atoms with Crippen LogP contribution in [-0.4, -0.2) is 91.3 Å². The van der Waals surface area contributed by atoms with Crippen LogP contribution in [0.3, 0.4) is 0 Å². The van der Waals surface area contributed by atoms with Gasteiger partial charge in [-0.1, -0.05) is 12.8 Å². The van der Waals surface area contributed by atoms with E-state index in [4.69, 9.17) is 4.74 Å². The largest absolute Gasteiger partial charge is 0.492 e. The molecule has 4 fully saturated rings. The number of ether oxygens (including phenoxy) is 1. The molecule has 194 valence electrons. The predicted octanol–water partition coefficient (Wildman–Crippen LogP) is 0.232. The van der Waals surface area contributed by atoms with Crippen LogP contribution in [0.2, 0.25) is 0 Å². The molecule has 35 heavy (non-hydrogen) atoms. The van der Waals surface area contributed by atoms with Crippen molar-refractivity contribution in [1.29, 1.82) is 0 Å². The number of piperidine rings is 1. The molecule has 10 heteroatoms. The van der Waals surface area contributed by atoms with Gasteiger partial charge in [0.15, 0.2) is 0 Å². The molecule has 4 atom stereocenters. The van der Waals surface area contributed by atoms with Crippen molar-refractivity contribution in [2.75, 3.05) is 51.2 Å². The molecule has 10 nitrogen and oxygen atoms in total. The summed E-state index contributed by atoms with van der Waals surface area (Å²) >= 11 is 0. The highest BCUT2D eigenvalue weighted by Gasteiger charge is 2.44. The number of carbonyl (C=O) groups excluding carboxylic acids is 1. The third kappa shape index (κ3) is 6.44. The molecule has 4 aliphatic rings. The van der Waals surface area contributed by atoms with Crippen molar-refractivity contribution in [3.05, 3.63) is 24.3 Å². The van der Waals surface area contributed by atoms with Crippen LogP contribution in [0.25, 0.3) is 0 Å². The van der Waals surface area contributed by atoms with E-state index in [0.29, 0.717) is 13.2 Å². The summed E-state index contributed by atoms with van der Waals surface area (Å²) in [5, 5.41) is 20.6. The van der Waals surface area contributed by atoms with Gasteiger partial charge in [-0.05, 0) is 49.9 Å². The van der Waals surface area contributed by atoms with Crippen LogP contribution >= 0.6 is 0 Å². The summed E-state index contributed by atoms with van der Waals surface area (Å²) in [6.45, 7) is 6.20. The van der Waals surface area contributed by atoms with Crippen molar-refractivity contribution in [3.8, 4) is 5.75 Å². The Morgan fingerprint density at radius 3 is 2.49 bits per heavy atom. The number of aliphatic hydroxyl groups is 1. The number of nitrogens with zero attached hydrogens (tertiary/aromatic N) is 2. The maximum Gasteiger partial charge on any atom is 0.242 e. The van der Waals surface area contributed by atoms with E-state index in [2.05, 4.69) is 36.6 Å². The Morgan fingerprint density at radius 1 is 1.00 bits per heavy atom. The molecule has 0 aliphatic carbocycles. The number of aliphatic hydroxyl groups excluding tert-OH is 1. The van der Waals surface area contributed by atoms with Crippen molar-refractivity contribution in [2.45, 2.75) is 63.1 Å². The molecule has 4 heterocycles. The van der Waals surface area contributed by atoms with Gasteiger partial charge in [0, 0.05) is 51.0 Å². The highest BCUT2D eigenvalue weighted by Crippen LogP contribution is 2.24. The second-order valence-corrected chi connectivity index (χ2v) is 10.3. The zero-order valence-electron chi connectivity index (χ0n) is 20.5. The molecule has 4 aliphatic heterocycles. The van der Waals surface area contributed by atoms with E-state index in [1.54, 1.807) is 0 Å². The third-order valence-electron chi connectivity index (χ3n) is 7.75. The molecule has 5 rings (SSSR count). The van der Waals surface area contributed by atoms with E-state index in [1.165, 1.54) is 25.7 Å². The molecule has 1 aromatic carbocycles. The number of likely N-dealkylation sites (tertiary alicyclic amines) is 2. The molecule has 0 aromatic heterocycles. The second kappa shape index (κ2) is 11.9. The number of rotatable bonds is 7. The minimum absolute atomic E-state index is 0.00162. The number of hydrogen-bond acceptors (Lipinski definition) is 9. The van der Waals surface area contributed by atoms with Gasteiger partial charge in [-0.15, -0.1) is 0 Å². The van der Waals surface area contributed by atoms with Crippen LogP contribution in [0.1, 0.15) is 38.5 Å². The van der Waals surface area contributed by atoms with Crippen LogP contribution < -0.4 is 31.5 Å². The fraction of sp³-hybridized carbons (Fsp3) is 0.720. The molecule has 0 radical (unpaired) electrons. The van der Waals surface area contributed by atoms with E-state index in [9.17, 15) is 9.90 Å². The van der Waals surface area contributed by atoms with Gasteiger partial charge in [-0.25, -0.2) is 5.43 Å². The van der Waals surface area contributed by atoms with Gasteiger partial charge < -0.3 is 15.2 Å². The number of nitrogens with one attached hydrogen (secondary N) is 5. The maximum absolute atomic E-state index is 12.7. The standard InChI is InChI=1S/C25H41N7O3/c33-19-9-13-31(14-10-19)15-16-35-20-7-5-18(6-8-20)27-23-22-21(17-26-30-24(22)34)28-25(29-23)32-11-3-1-2-4-12-32/h5-8,19,21-23,25-29,33H,1-4,9-17H2,(H,30,34). The smallest absolute Gasteiger partial charge is 0.242 e. The molecule has 1 amide bonds. The van der Waals surface area contributed by atoms with Crippen LogP contribution in [0.5, 0.6) is 5.75 Å². The fourth-order valence-corrected chi connectivity index (χ4v) is 5.67. The first-order chi connectivity index (χ1) is 17.2. The minimum Gasteiger partial charge on any atom is -0.492 e. The molecule has 4 saturated heterocycles. The summed E-state index contributed by atoms with van der Waals surface area (Å²) < 4.78 is 5.96. The van der Waals surface area contributed by atoms with Gasteiger partial charge in [0.25, 0.3) is 0 Å². The molecular weight excluding hydrogens is 446 g/mol. The van der Waals surface area contributed by atoms with Gasteiger partial charge in [0.05, 0.1) is 18.2 Å². The molecule has 6 N–H and O–H groups in total. The Bertz CT molecular complexity index is 810. The molecule has 4 unspecified atom stereocenters.